The number of aromatic nitrogens is 1. The minimum Gasteiger partial charge on any atom is -0.472 e. The van der Waals surface area contributed by atoms with E-state index in [4.69, 9.17) is 4.74 Å². The smallest absolute Gasteiger partial charge is 0.259 e. The molecular weight excluding hydrogens is 394 g/mol. The summed E-state index contributed by atoms with van der Waals surface area (Å²) in [6.07, 6.45) is 2.44. The molecule has 3 atom stereocenters. The Bertz CT molecular complexity index is 843. The summed E-state index contributed by atoms with van der Waals surface area (Å²) in [5, 5.41) is 9.72. The molecule has 1 aliphatic heterocycles. The second kappa shape index (κ2) is 11.1. The normalized spacial score (nSPS) is 19.5. The molecule has 170 valence electrons. The molecule has 0 saturated carbocycles. The van der Waals surface area contributed by atoms with Crippen LogP contribution in [0.4, 0.5) is 0 Å². The largest absolute Gasteiger partial charge is 0.472 e. The van der Waals surface area contributed by atoms with E-state index in [1.165, 1.54) is 0 Å². The summed E-state index contributed by atoms with van der Waals surface area (Å²) in [7, 11) is 1.75. The Balaban J connectivity index is 2.44. The number of nitrogens with zero attached hydrogens (tertiary/aromatic N) is 3. The van der Waals surface area contributed by atoms with Gasteiger partial charge in [-0.05, 0) is 18.9 Å². The Morgan fingerprint density at radius 3 is 2.74 bits per heavy atom. The molecule has 0 unspecified atom stereocenters. The molecule has 1 aromatic heterocycles. The van der Waals surface area contributed by atoms with Gasteiger partial charge in [-0.3, -0.25) is 9.59 Å². The number of carbonyl (C=O) groups is 2. The van der Waals surface area contributed by atoms with E-state index in [1.54, 1.807) is 29.1 Å². The zero-order valence-electron chi connectivity index (χ0n) is 19.5. The molecule has 0 fully saturated rings. The molecule has 0 aliphatic carbocycles. The van der Waals surface area contributed by atoms with Crippen molar-refractivity contribution < 1.29 is 19.4 Å². The minimum atomic E-state index is -0.354. The fourth-order valence-electron chi connectivity index (χ4n) is 3.39. The number of pyridine rings is 1. The maximum Gasteiger partial charge on any atom is 0.259 e. The van der Waals surface area contributed by atoms with Crippen LogP contribution < -0.4 is 4.74 Å². The van der Waals surface area contributed by atoms with Crippen molar-refractivity contribution in [1.29, 1.82) is 0 Å². The van der Waals surface area contributed by atoms with Crippen molar-refractivity contribution in [2.24, 2.45) is 11.8 Å². The summed E-state index contributed by atoms with van der Waals surface area (Å²) in [5.74, 6) is 6.62. The van der Waals surface area contributed by atoms with Crippen LogP contribution in [0.2, 0.25) is 0 Å². The number of amides is 2. The van der Waals surface area contributed by atoms with Gasteiger partial charge in [-0.1, -0.05) is 39.5 Å². The lowest BCUT2D eigenvalue weighted by atomic mass is 9.99. The standard InChI is InChI=1S/C24H35N3O4/c1-7-22(29)26(6)14-21-17(4)13-27(18(5)15-28)24(30)20-11-19(10-8-9-16(2)3)12-25-23(20)31-21/h11-12,16-18,21,28H,7,9,13-15H2,1-6H3/t17-,18+,21-/m0/s1. The summed E-state index contributed by atoms with van der Waals surface area (Å²) >= 11 is 0. The molecule has 0 bridgehead atoms. The quantitative estimate of drug-likeness (QED) is 0.703. The molecule has 2 amide bonds. The zero-order chi connectivity index (χ0) is 23.1. The number of hydrogen-bond acceptors (Lipinski definition) is 5. The third kappa shape index (κ3) is 6.44. The van der Waals surface area contributed by atoms with Gasteiger partial charge in [-0.15, -0.1) is 0 Å². The number of aliphatic hydroxyl groups excluding tert-OH is 1. The number of likely N-dealkylation sites (N-methyl/N-ethyl adjacent to an activating group) is 1. The molecule has 31 heavy (non-hydrogen) atoms. The van der Waals surface area contributed by atoms with Crippen molar-refractivity contribution in [3.8, 4) is 17.7 Å². The summed E-state index contributed by atoms with van der Waals surface area (Å²) < 4.78 is 6.18. The number of hydrogen-bond donors (Lipinski definition) is 1. The summed E-state index contributed by atoms with van der Waals surface area (Å²) in [6, 6.07) is 1.36. The first kappa shape index (κ1) is 24.7. The second-order valence-corrected chi connectivity index (χ2v) is 8.73. The lowest BCUT2D eigenvalue weighted by Crippen LogP contribution is -2.50. The molecular formula is C24H35N3O4. The van der Waals surface area contributed by atoms with E-state index in [2.05, 4.69) is 30.7 Å². The summed E-state index contributed by atoms with van der Waals surface area (Å²) in [4.78, 5) is 33.1. The van der Waals surface area contributed by atoms with Gasteiger partial charge < -0.3 is 19.6 Å². The van der Waals surface area contributed by atoms with Crippen LogP contribution in [0.5, 0.6) is 5.88 Å². The van der Waals surface area contributed by atoms with E-state index in [0.717, 1.165) is 6.42 Å². The first-order valence-electron chi connectivity index (χ1n) is 11.0. The molecule has 2 rings (SSSR count). The van der Waals surface area contributed by atoms with Crippen LogP contribution in [-0.2, 0) is 4.79 Å². The molecule has 0 aromatic carbocycles. The van der Waals surface area contributed by atoms with Gasteiger partial charge in [0.2, 0.25) is 11.8 Å². The molecule has 0 saturated heterocycles. The monoisotopic (exact) mass is 429 g/mol. The molecule has 1 N–H and O–H groups in total. The van der Waals surface area contributed by atoms with E-state index in [0.29, 0.717) is 36.6 Å². The molecule has 1 aromatic rings. The average molecular weight is 430 g/mol. The van der Waals surface area contributed by atoms with Gasteiger partial charge in [0.15, 0.2) is 0 Å². The first-order chi connectivity index (χ1) is 14.7. The van der Waals surface area contributed by atoms with Crippen molar-refractivity contribution in [3.05, 3.63) is 23.4 Å². The number of rotatable bonds is 6. The Kier molecular flexibility index (Phi) is 8.88. The third-order valence-electron chi connectivity index (χ3n) is 5.45. The van der Waals surface area contributed by atoms with Crippen LogP contribution in [0.15, 0.2) is 12.3 Å². The number of carbonyl (C=O) groups excluding carboxylic acids is 2. The number of aliphatic hydroxyl groups is 1. The lowest BCUT2D eigenvalue weighted by Gasteiger charge is -2.37. The van der Waals surface area contributed by atoms with Crippen LogP contribution in [0.3, 0.4) is 0 Å². The highest BCUT2D eigenvalue weighted by molar-refractivity contribution is 5.97. The third-order valence-corrected chi connectivity index (χ3v) is 5.45. The van der Waals surface area contributed by atoms with Crippen molar-refractivity contribution in [2.45, 2.75) is 59.6 Å². The topological polar surface area (TPSA) is 83.0 Å². The number of ether oxygens (including phenoxy) is 1. The van der Waals surface area contributed by atoms with Gasteiger partial charge in [0.25, 0.3) is 5.91 Å². The summed E-state index contributed by atoms with van der Waals surface area (Å²) in [5.41, 5.74) is 0.981. The van der Waals surface area contributed by atoms with Gasteiger partial charge in [-0.25, -0.2) is 4.98 Å². The van der Waals surface area contributed by atoms with E-state index in [9.17, 15) is 14.7 Å². The predicted molar refractivity (Wildman–Crippen MR) is 120 cm³/mol. The van der Waals surface area contributed by atoms with E-state index in [-0.39, 0.29) is 42.4 Å². The fourth-order valence-corrected chi connectivity index (χ4v) is 3.39. The lowest BCUT2D eigenvalue weighted by molar-refractivity contribution is -0.131. The maximum absolute atomic E-state index is 13.3. The molecule has 2 heterocycles. The predicted octanol–water partition coefficient (Wildman–Crippen LogP) is 2.57. The average Bonchev–Trinajstić information content (AvgIpc) is 2.74. The molecule has 7 nitrogen and oxygen atoms in total. The van der Waals surface area contributed by atoms with Crippen molar-refractivity contribution in [3.63, 3.8) is 0 Å². The molecule has 1 aliphatic rings. The Hall–Kier alpha value is -2.59. The van der Waals surface area contributed by atoms with Crippen molar-refractivity contribution in [2.75, 3.05) is 26.7 Å². The second-order valence-electron chi connectivity index (χ2n) is 8.73. The fraction of sp³-hybridized carbons (Fsp3) is 0.625. The maximum atomic E-state index is 13.3. The van der Waals surface area contributed by atoms with Crippen LogP contribution in [0, 0.1) is 23.7 Å². The van der Waals surface area contributed by atoms with Crippen LogP contribution in [-0.4, -0.2) is 70.6 Å². The minimum absolute atomic E-state index is 0.0264. The van der Waals surface area contributed by atoms with Crippen LogP contribution >= 0.6 is 0 Å². The van der Waals surface area contributed by atoms with Gasteiger partial charge in [0.1, 0.15) is 11.7 Å². The highest BCUT2D eigenvalue weighted by Gasteiger charge is 2.34. The molecule has 0 radical (unpaired) electrons. The van der Waals surface area contributed by atoms with Crippen LogP contribution in [0.1, 0.15) is 63.4 Å². The van der Waals surface area contributed by atoms with E-state index < -0.39 is 0 Å². The number of fused-ring (bicyclic) bond motifs is 1. The zero-order valence-corrected chi connectivity index (χ0v) is 19.5. The highest BCUT2D eigenvalue weighted by atomic mass is 16.5. The van der Waals surface area contributed by atoms with Gasteiger partial charge in [0.05, 0.1) is 19.2 Å². The van der Waals surface area contributed by atoms with Gasteiger partial charge in [0, 0.05) is 44.1 Å². The Morgan fingerprint density at radius 1 is 1.42 bits per heavy atom. The Morgan fingerprint density at radius 2 is 2.13 bits per heavy atom. The molecule has 0 spiro atoms. The van der Waals surface area contributed by atoms with E-state index >= 15 is 0 Å². The highest BCUT2D eigenvalue weighted by Crippen LogP contribution is 2.27. The van der Waals surface area contributed by atoms with E-state index in [1.807, 2.05) is 20.8 Å². The van der Waals surface area contributed by atoms with Crippen molar-refractivity contribution in [1.82, 2.24) is 14.8 Å². The van der Waals surface area contributed by atoms with Crippen molar-refractivity contribution >= 4 is 11.8 Å². The first-order valence-corrected chi connectivity index (χ1v) is 11.0. The SMILES string of the molecule is CCC(=O)N(C)C[C@@H]1Oc2ncc(C#CCC(C)C)cc2C(=O)N([C@H](C)CO)C[C@@H]1C. The molecule has 7 heteroatoms. The summed E-state index contributed by atoms with van der Waals surface area (Å²) in [6.45, 7) is 10.5. The van der Waals surface area contributed by atoms with Gasteiger partial charge >= 0.3 is 0 Å². The van der Waals surface area contributed by atoms with Crippen LogP contribution in [0.25, 0.3) is 0 Å². The van der Waals surface area contributed by atoms with Gasteiger partial charge in [-0.2, -0.15) is 0 Å². The Labute approximate surface area is 185 Å².